The van der Waals surface area contributed by atoms with Gasteiger partial charge in [-0.2, -0.15) is 0 Å². The van der Waals surface area contributed by atoms with Crippen LogP contribution in [0.4, 0.5) is 5.69 Å². The van der Waals surface area contributed by atoms with Gasteiger partial charge in [0.05, 0.1) is 6.54 Å². The number of anilines is 1. The number of hydrogen-bond acceptors (Lipinski definition) is 4. The zero-order chi connectivity index (χ0) is 14.9. The molecule has 1 aromatic rings. The van der Waals surface area contributed by atoms with E-state index in [1.165, 1.54) is 0 Å². The van der Waals surface area contributed by atoms with Crippen LogP contribution < -0.4 is 15.5 Å². The molecular formula is C14H18ClN3O2. The number of nitrogens with one attached hydrogen (secondary N) is 2. The maximum absolute atomic E-state index is 11.7. The Morgan fingerprint density at radius 1 is 1.45 bits per heavy atom. The summed E-state index contributed by atoms with van der Waals surface area (Å²) >= 11 is 6.29. The van der Waals surface area contributed by atoms with Gasteiger partial charge < -0.3 is 10.2 Å². The molecule has 0 aromatic heterocycles. The van der Waals surface area contributed by atoms with Gasteiger partial charge in [-0.15, -0.1) is 0 Å². The van der Waals surface area contributed by atoms with Crippen molar-refractivity contribution in [1.82, 2.24) is 10.6 Å². The minimum atomic E-state index is -0.392. The Balaban J connectivity index is 2.31. The second kappa shape index (κ2) is 5.81. The summed E-state index contributed by atoms with van der Waals surface area (Å²) in [6.45, 7) is 3.94. The van der Waals surface area contributed by atoms with Crippen LogP contribution in [0.25, 0.3) is 0 Å². The number of piperazine rings is 1. The van der Waals surface area contributed by atoms with Crippen LogP contribution in [0, 0.1) is 0 Å². The van der Waals surface area contributed by atoms with Gasteiger partial charge in [0.1, 0.15) is 6.04 Å². The molecule has 5 nitrogen and oxygen atoms in total. The maximum Gasteiger partial charge on any atom is 0.249 e. The van der Waals surface area contributed by atoms with Crippen molar-refractivity contribution in [3.8, 4) is 0 Å². The molecule has 20 heavy (non-hydrogen) atoms. The maximum atomic E-state index is 11.7. The van der Waals surface area contributed by atoms with Crippen LogP contribution in [0.15, 0.2) is 18.2 Å². The fraction of sp³-hybridized carbons (Fsp3) is 0.429. The molecule has 1 aromatic carbocycles. The topological polar surface area (TPSA) is 61.4 Å². The number of rotatable bonds is 3. The SMILES string of the molecule is CNC(C)c1ccc(N2CC(=O)NC(=O)C2C)cc1Cl. The summed E-state index contributed by atoms with van der Waals surface area (Å²) in [5.74, 6) is -0.582. The van der Waals surface area contributed by atoms with Crippen molar-refractivity contribution >= 4 is 29.1 Å². The van der Waals surface area contributed by atoms with Crippen molar-refractivity contribution in [2.45, 2.75) is 25.9 Å². The predicted octanol–water partition coefficient (Wildman–Crippen LogP) is 1.47. The summed E-state index contributed by atoms with van der Waals surface area (Å²) in [7, 11) is 1.87. The van der Waals surface area contributed by atoms with E-state index in [1.807, 2.05) is 26.1 Å². The lowest BCUT2D eigenvalue weighted by Crippen LogP contribution is -2.57. The normalized spacial score (nSPS) is 20.8. The molecule has 0 spiro atoms. The number of halogens is 1. The van der Waals surface area contributed by atoms with E-state index in [-0.39, 0.29) is 24.4 Å². The molecule has 1 aliphatic heterocycles. The molecule has 2 atom stereocenters. The highest BCUT2D eigenvalue weighted by Gasteiger charge is 2.30. The lowest BCUT2D eigenvalue weighted by molar-refractivity contribution is -0.132. The third-order valence-electron chi connectivity index (χ3n) is 3.64. The number of amides is 2. The van der Waals surface area contributed by atoms with Crippen LogP contribution in [0.1, 0.15) is 25.5 Å². The molecule has 1 saturated heterocycles. The Morgan fingerprint density at radius 3 is 2.75 bits per heavy atom. The van der Waals surface area contributed by atoms with Crippen LogP contribution >= 0.6 is 11.6 Å². The minimum Gasteiger partial charge on any atom is -0.350 e. The molecule has 0 bridgehead atoms. The molecule has 1 fully saturated rings. The first kappa shape index (κ1) is 14.8. The fourth-order valence-corrected chi connectivity index (χ4v) is 2.57. The smallest absolute Gasteiger partial charge is 0.249 e. The van der Waals surface area contributed by atoms with Gasteiger partial charge in [-0.1, -0.05) is 17.7 Å². The second-order valence-electron chi connectivity index (χ2n) is 4.93. The number of benzene rings is 1. The van der Waals surface area contributed by atoms with E-state index in [9.17, 15) is 9.59 Å². The Kier molecular flexibility index (Phi) is 4.30. The van der Waals surface area contributed by atoms with E-state index in [2.05, 4.69) is 10.6 Å². The monoisotopic (exact) mass is 295 g/mol. The summed E-state index contributed by atoms with van der Waals surface area (Å²) < 4.78 is 0. The second-order valence-corrected chi connectivity index (χ2v) is 5.34. The van der Waals surface area contributed by atoms with Gasteiger partial charge in [-0.3, -0.25) is 14.9 Å². The van der Waals surface area contributed by atoms with E-state index in [0.717, 1.165) is 11.3 Å². The largest absolute Gasteiger partial charge is 0.350 e. The van der Waals surface area contributed by atoms with E-state index < -0.39 is 6.04 Å². The highest BCUT2D eigenvalue weighted by Crippen LogP contribution is 2.29. The van der Waals surface area contributed by atoms with E-state index >= 15 is 0 Å². The summed E-state index contributed by atoms with van der Waals surface area (Å²) in [4.78, 5) is 24.9. The fourth-order valence-electron chi connectivity index (χ4n) is 2.23. The molecule has 6 heteroatoms. The molecule has 2 N–H and O–H groups in total. The van der Waals surface area contributed by atoms with Gasteiger partial charge in [0.25, 0.3) is 0 Å². The standard InChI is InChI=1S/C14H18ClN3O2/c1-8(16-3)11-5-4-10(6-12(11)15)18-7-13(19)17-14(20)9(18)2/h4-6,8-9,16H,7H2,1-3H3,(H,17,19,20). The Morgan fingerprint density at radius 2 is 2.15 bits per heavy atom. The summed E-state index contributed by atoms with van der Waals surface area (Å²) in [6, 6.07) is 5.35. The lowest BCUT2D eigenvalue weighted by atomic mass is 10.1. The number of nitrogens with zero attached hydrogens (tertiary/aromatic N) is 1. The van der Waals surface area contributed by atoms with Gasteiger partial charge >= 0.3 is 0 Å². The first-order valence-electron chi connectivity index (χ1n) is 6.51. The molecule has 2 amide bonds. The lowest BCUT2D eigenvalue weighted by Gasteiger charge is -2.33. The molecule has 2 unspecified atom stereocenters. The van der Waals surface area contributed by atoms with Gasteiger partial charge in [-0.25, -0.2) is 0 Å². The van der Waals surface area contributed by atoms with E-state index in [0.29, 0.717) is 5.02 Å². The van der Waals surface area contributed by atoms with Crippen molar-refractivity contribution < 1.29 is 9.59 Å². The van der Waals surface area contributed by atoms with E-state index in [4.69, 9.17) is 11.6 Å². The quantitative estimate of drug-likeness (QED) is 0.829. The molecule has 1 aliphatic rings. The van der Waals surface area contributed by atoms with Gasteiger partial charge in [0.15, 0.2) is 0 Å². The average Bonchev–Trinajstić information content (AvgIpc) is 2.41. The zero-order valence-electron chi connectivity index (χ0n) is 11.7. The van der Waals surface area contributed by atoms with Gasteiger partial charge in [0, 0.05) is 16.8 Å². The molecule has 2 rings (SSSR count). The van der Waals surface area contributed by atoms with Crippen LogP contribution in [-0.4, -0.2) is 31.4 Å². The van der Waals surface area contributed by atoms with Crippen molar-refractivity contribution in [3.63, 3.8) is 0 Å². The van der Waals surface area contributed by atoms with Crippen molar-refractivity contribution in [2.75, 3.05) is 18.5 Å². The van der Waals surface area contributed by atoms with Crippen LogP contribution in [0.3, 0.4) is 0 Å². The van der Waals surface area contributed by atoms with Crippen molar-refractivity contribution in [3.05, 3.63) is 28.8 Å². The first-order valence-corrected chi connectivity index (χ1v) is 6.89. The van der Waals surface area contributed by atoms with Gasteiger partial charge in [0.2, 0.25) is 11.8 Å². The Labute approximate surface area is 123 Å². The Bertz CT molecular complexity index is 547. The molecular weight excluding hydrogens is 278 g/mol. The molecule has 0 saturated carbocycles. The summed E-state index contributed by atoms with van der Waals surface area (Å²) in [5.41, 5.74) is 1.76. The van der Waals surface area contributed by atoms with Crippen LogP contribution in [0.5, 0.6) is 0 Å². The summed E-state index contributed by atoms with van der Waals surface area (Å²) in [6.07, 6.45) is 0. The molecule has 0 aliphatic carbocycles. The molecule has 0 radical (unpaired) electrons. The number of carbonyl (C=O) groups is 2. The van der Waals surface area contributed by atoms with E-state index in [1.54, 1.807) is 17.9 Å². The highest BCUT2D eigenvalue weighted by atomic mass is 35.5. The number of imide groups is 1. The van der Waals surface area contributed by atoms with Crippen LogP contribution in [0.2, 0.25) is 5.02 Å². The zero-order valence-corrected chi connectivity index (χ0v) is 12.5. The van der Waals surface area contributed by atoms with Crippen molar-refractivity contribution in [1.29, 1.82) is 0 Å². The predicted molar refractivity (Wildman–Crippen MR) is 78.9 cm³/mol. The van der Waals surface area contributed by atoms with Crippen LogP contribution in [-0.2, 0) is 9.59 Å². The molecule has 1 heterocycles. The van der Waals surface area contributed by atoms with Crippen molar-refractivity contribution in [2.24, 2.45) is 0 Å². The molecule has 108 valence electrons. The number of hydrogen-bond donors (Lipinski definition) is 2. The number of carbonyl (C=O) groups excluding carboxylic acids is 2. The highest BCUT2D eigenvalue weighted by molar-refractivity contribution is 6.31. The average molecular weight is 296 g/mol. The van der Waals surface area contributed by atoms with Gasteiger partial charge in [-0.05, 0) is 38.6 Å². The third kappa shape index (κ3) is 2.78. The minimum absolute atomic E-state index is 0.139. The third-order valence-corrected chi connectivity index (χ3v) is 3.97. The summed E-state index contributed by atoms with van der Waals surface area (Å²) in [5, 5.41) is 6.07. The Hall–Kier alpha value is -1.59. The first-order chi connectivity index (χ1) is 9.43.